The van der Waals surface area contributed by atoms with E-state index >= 15 is 0 Å². The number of aryl methyl sites for hydroxylation is 1. The number of fused-ring (bicyclic) bond motifs is 2. The molecule has 0 radical (unpaired) electrons. The van der Waals surface area contributed by atoms with Gasteiger partial charge in [0.05, 0.1) is 0 Å². The van der Waals surface area contributed by atoms with E-state index in [1.807, 2.05) is 0 Å². The highest BCUT2D eigenvalue weighted by Gasteiger charge is 2.30. The molecule has 2 aliphatic rings. The lowest BCUT2D eigenvalue weighted by Gasteiger charge is -2.22. The summed E-state index contributed by atoms with van der Waals surface area (Å²) < 4.78 is 5.97. The first kappa shape index (κ1) is 9.54. The second kappa shape index (κ2) is 3.05. The molecule has 88 valence electrons. The largest absolute Gasteiger partial charge is 0.490 e. The molecule has 0 spiro atoms. The lowest BCUT2D eigenvalue weighted by atomic mass is 9.87. The number of H-pyrrole nitrogens is 1. The molecule has 1 aromatic heterocycles. The molecular formula is C14H16N2O. The molecule has 2 aromatic rings. The maximum Gasteiger partial charge on any atom is 0.128 e. The fraction of sp³-hybridized carbons (Fsp3) is 0.429. The van der Waals surface area contributed by atoms with Crippen LogP contribution in [0.1, 0.15) is 36.1 Å². The van der Waals surface area contributed by atoms with Crippen molar-refractivity contribution in [1.82, 2.24) is 4.98 Å². The van der Waals surface area contributed by atoms with Gasteiger partial charge >= 0.3 is 0 Å². The molecule has 3 N–H and O–H groups in total. The van der Waals surface area contributed by atoms with Crippen molar-refractivity contribution in [2.45, 2.75) is 38.3 Å². The van der Waals surface area contributed by atoms with Gasteiger partial charge in [0.1, 0.15) is 11.9 Å². The topological polar surface area (TPSA) is 51.0 Å². The van der Waals surface area contributed by atoms with E-state index in [0.29, 0.717) is 0 Å². The molecule has 0 amide bonds. The third kappa shape index (κ3) is 1.15. The molecule has 17 heavy (non-hydrogen) atoms. The van der Waals surface area contributed by atoms with E-state index in [-0.39, 0.29) is 12.1 Å². The summed E-state index contributed by atoms with van der Waals surface area (Å²) in [6.45, 7) is 2.12. The fourth-order valence-corrected chi connectivity index (χ4v) is 3.29. The maximum atomic E-state index is 6.29. The molecule has 0 saturated heterocycles. The van der Waals surface area contributed by atoms with E-state index in [2.05, 4.69) is 24.2 Å². The van der Waals surface area contributed by atoms with Gasteiger partial charge in [-0.2, -0.15) is 0 Å². The van der Waals surface area contributed by atoms with Crippen LogP contribution >= 0.6 is 0 Å². The quantitative estimate of drug-likeness (QED) is 0.727. The first-order chi connectivity index (χ1) is 8.24. The minimum atomic E-state index is 0.126. The maximum absolute atomic E-state index is 6.29. The third-order valence-corrected chi connectivity index (χ3v) is 4.04. The molecule has 3 heteroatoms. The molecule has 0 saturated carbocycles. The summed E-state index contributed by atoms with van der Waals surface area (Å²) in [7, 11) is 0. The summed E-state index contributed by atoms with van der Waals surface area (Å²) in [6.07, 6.45) is 5.50. The highest BCUT2D eigenvalue weighted by atomic mass is 16.5. The van der Waals surface area contributed by atoms with Crippen molar-refractivity contribution in [3.8, 4) is 5.75 Å². The monoisotopic (exact) mass is 228 g/mol. The molecule has 2 atom stereocenters. The Morgan fingerprint density at radius 2 is 2.29 bits per heavy atom. The van der Waals surface area contributed by atoms with Gasteiger partial charge in [0, 0.05) is 40.7 Å². The Labute approximate surface area is 100.0 Å². The number of hydrogen-bond acceptors (Lipinski definition) is 2. The average molecular weight is 228 g/mol. The first-order valence-corrected chi connectivity index (χ1v) is 6.32. The standard InChI is InChI=1S/C14H16N2O/c1-7-4-9-5-11-12-8(6-16-11)2-3-10(15)13(12)14(9)17-7/h5-7,10,16H,2-4,15H2,1H3. The Bertz CT molecular complexity index is 614. The zero-order valence-corrected chi connectivity index (χ0v) is 9.92. The highest BCUT2D eigenvalue weighted by Crippen LogP contribution is 2.45. The SMILES string of the molecule is CC1Cc2cc3[nH]cc4c3c(c2O1)C(N)CC4. The Morgan fingerprint density at radius 1 is 1.41 bits per heavy atom. The Morgan fingerprint density at radius 3 is 3.18 bits per heavy atom. The summed E-state index contributed by atoms with van der Waals surface area (Å²) in [6, 6.07) is 2.36. The molecule has 2 unspecified atom stereocenters. The number of rotatable bonds is 0. The average Bonchev–Trinajstić information content (AvgIpc) is 2.85. The first-order valence-electron chi connectivity index (χ1n) is 6.32. The third-order valence-electron chi connectivity index (χ3n) is 4.04. The van der Waals surface area contributed by atoms with Crippen LogP contribution in [-0.2, 0) is 12.8 Å². The van der Waals surface area contributed by atoms with Crippen molar-refractivity contribution >= 4 is 10.9 Å². The molecule has 1 aliphatic carbocycles. The van der Waals surface area contributed by atoms with Gasteiger partial charge in [-0.15, -0.1) is 0 Å². The van der Waals surface area contributed by atoms with Gasteiger partial charge in [0.2, 0.25) is 0 Å². The second-order valence-corrected chi connectivity index (χ2v) is 5.29. The number of aromatic nitrogens is 1. The van der Waals surface area contributed by atoms with Gasteiger partial charge in [0.25, 0.3) is 0 Å². The van der Waals surface area contributed by atoms with E-state index < -0.39 is 0 Å². The highest BCUT2D eigenvalue weighted by molar-refractivity contribution is 5.91. The predicted octanol–water partition coefficient (Wildman–Crippen LogP) is 2.44. The lowest BCUT2D eigenvalue weighted by molar-refractivity contribution is 0.251. The minimum absolute atomic E-state index is 0.126. The van der Waals surface area contributed by atoms with Crippen molar-refractivity contribution in [3.05, 3.63) is 29.0 Å². The van der Waals surface area contributed by atoms with E-state index in [4.69, 9.17) is 10.5 Å². The van der Waals surface area contributed by atoms with Crippen LogP contribution in [0, 0.1) is 0 Å². The van der Waals surface area contributed by atoms with E-state index in [0.717, 1.165) is 25.0 Å². The van der Waals surface area contributed by atoms with E-state index in [9.17, 15) is 0 Å². The minimum Gasteiger partial charge on any atom is -0.490 e. The number of benzene rings is 1. The number of nitrogens with one attached hydrogen (secondary N) is 1. The van der Waals surface area contributed by atoms with Crippen molar-refractivity contribution in [2.24, 2.45) is 5.73 Å². The number of ether oxygens (including phenoxy) is 1. The smallest absolute Gasteiger partial charge is 0.128 e. The molecule has 3 nitrogen and oxygen atoms in total. The number of aromatic amines is 1. The van der Waals surface area contributed by atoms with Crippen LogP contribution in [0.4, 0.5) is 0 Å². The van der Waals surface area contributed by atoms with Crippen LogP contribution in [0.3, 0.4) is 0 Å². The Kier molecular flexibility index (Phi) is 1.71. The Hall–Kier alpha value is -1.48. The number of nitrogens with two attached hydrogens (primary N) is 1. The molecule has 0 bridgehead atoms. The summed E-state index contributed by atoms with van der Waals surface area (Å²) in [5.74, 6) is 1.07. The van der Waals surface area contributed by atoms with Crippen molar-refractivity contribution in [2.75, 3.05) is 0 Å². The van der Waals surface area contributed by atoms with Crippen LogP contribution in [0.5, 0.6) is 5.75 Å². The predicted molar refractivity (Wildman–Crippen MR) is 67.3 cm³/mol. The molecule has 4 rings (SSSR count). The summed E-state index contributed by atoms with van der Waals surface area (Å²) in [5, 5.41) is 1.32. The summed E-state index contributed by atoms with van der Waals surface area (Å²) >= 11 is 0. The zero-order valence-electron chi connectivity index (χ0n) is 9.92. The number of hydrogen-bond donors (Lipinski definition) is 2. The van der Waals surface area contributed by atoms with Gasteiger partial charge in [-0.3, -0.25) is 0 Å². The van der Waals surface area contributed by atoms with Crippen molar-refractivity contribution in [1.29, 1.82) is 0 Å². The van der Waals surface area contributed by atoms with Gasteiger partial charge in [-0.25, -0.2) is 0 Å². The van der Waals surface area contributed by atoms with Crippen molar-refractivity contribution in [3.63, 3.8) is 0 Å². The van der Waals surface area contributed by atoms with Crippen LogP contribution in [0.15, 0.2) is 12.3 Å². The second-order valence-electron chi connectivity index (χ2n) is 5.29. The zero-order chi connectivity index (χ0) is 11.6. The molecular weight excluding hydrogens is 212 g/mol. The van der Waals surface area contributed by atoms with Gasteiger partial charge < -0.3 is 15.5 Å². The Balaban J connectivity index is 2.11. The van der Waals surface area contributed by atoms with Crippen LogP contribution in [-0.4, -0.2) is 11.1 Å². The van der Waals surface area contributed by atoms with Crippen LogP contribution in [0.2, 0.25) is 0 Å². The van der Waals surface area contributed by atoms with Crippen LogP contribution < -0.4 is 10.5 Å². The fourth-order valence-electron chi connectivity index (χ4n) is 3.29. The van der Waals surface area contributed by atoms with Crippen LogP contribution in [0.25, 0.3) is 10.9 Å². The van der Waals surface area contributed by atoms with Gasteiger partial charge in [-0.05, 0) is 31.4 Å². The lowest BCUT2D eigenvalue weighted by Crippen LogP contribution is -2.17. The molecule has 2 heterocycles. The van der Waals surface area contributed by atoms with Gasteiger partial charge in [0.15, 0.2) is 0 Å². The molecule has 0 fully saturated rings. The van der Waals surface area contributed by atoms with E-state index in [1.165, 1.54) is 27.6 Å². The normalized spacial score (nSPS) is 26.0. The van der Waals surface area contributed by atoms with E-state index in [1.54, 1.807) is 0 Å². The summed E-state index contributed by atoms with van der Waals surface area (Å²) in [4.78, 5) is 3.37. The van der Waals surface area contributed by atoms with Gasteiger partial charge in [-0.1, -0.05) is 0 Å². The molecule has 1 aromatic carbocycles. The molecule has 1 aliphatic heterocycles. The summed E-state index contributed by atoms with van der Waals surface area (Å²) in [5.41, 5.74) is 11.5. The van der Waals surface area contributed by atoms with Crippen molar-refractivity contribution < 1.29 is 4.74 Å².